The molecule has 2 aromatic rings. The topological polar surface area (TPSA) is 12.9 Å². The summed E-state index contributed by atoms with van der Waals surface area (Å²) in [5.41, 5.74) is -0.480. The molecule has 6 heteroatoms. The molecule has 0 radical (unpaired) electrons. The molecule has 0 saturated heterocycles. The maximum atomic E-state index is 13.0. The number of alkyl halides is 2. The third kappa shape index (κ3) is 1.95. The number of pyridine rings is 1. The van der Waals surface area contributed by atoms with Crippen LogP contribution < -0.4 is 0 Å². The quantitative estimate of drug-likeness (QED) is 0.733. The summed E-state index contributed by atoms with van der Waals surface area (Å²) in [6.07, 6.45) is -2.76. The molecule has 0 fully saturated rings. The summed E-state index contributed by atoms with van der Waals surface area (Å²) in [5.74, 6) is -0.646. The Morgan fingerprint density at radius 2 is 1.69 bits per heavy atom. The minimum absolute atomic E-state index is 0.0211. The minimum Gasteiger partial charge on any atom is -0.247 e. The number of rotatable bonds is 1. The Morgan fingerprint density at radius 3 is 2.31 bits per heavy atom. The molecule has 1 aromatic carbocycles. The van der Waals surface area contributed by atoms with Crippen molar-refractivity contribution in [2.45, 2.75) is 6.43 Å². The zero-order valence-electron chi connectivity index (χ0n) is 7.65. The van der Waals surface area contributed by atoms with Gasteiger partial charge >= 0.3 is 0 Å². The average molecular weight is 266 g/mol. The summed E-state index contributed by atoms with van der Waals surface area (Å²) < 4.78 is 37.9. The number of aromatic nitrogens is 1. The van der Waals surface area contributed by atoms with Crippen molar-refractivity contribution in [2.24, 2.45) is 0 Å². The van der Waals surface area contributed by atoms with Crippen molar-refractivity contribution >= 4 is 34.1 Å². The molecule has 0 atom stereocenters. The van der Waals surface area contributed by atoms with Crippen LogP contribution in [0.4, 0.5) is 13.2 Å². The van der Waals surface area contributed by atoms with Gasteiger partial charge in [0.1, 0.15) is 11.5 Å². The van der Waals surface area contributed by atoms with Crippen LogP contribution in [0.25, 0.3) is 10.9 Å². The molecule has 84 valence electrons. The van der Waals surface area contributed by atoms with E-state index in [-0.39, 0.29) is 20.9 Å². The van der Waals surface area contributed by atoms with Gasteiger partial charge in [-0.05, 0) is 12.1 Å². The normalized spacial score (nSPS) is 11.4. The second-order valence-electron chi connectivity index (χ2n) is 3.11. The van der Waals surface area contributed by atoms with Crippen LogP contribution in [-0.2, 0) is 0 Å². The van der Waals surface area contributed by atoms with Gasteiger partial charge in [-0.3, -0.25) is 0 Å². The minimum atomic E-state index is -2.76. The van der Waals surface area contributed by atoms with Gasteiger partial charge in [0.2, 0.25) is 0 Å². The Kier molecular flexibility index (Phi) is 2.95. The molecule has 16 heavy (non-hydrogen) atoms. The second kappa shape index (κ2) is 4.11. The first-order valence-corrected chi connectivity index (χ1v) is 4.98. The highest BCUT2D eigenvalue weighted by molar-refractivity contribution is 6.42. The van der Waals surface area contributed by atoms with E-state index in [9.17, 15) is 13.2 Å². The Morgan fingerprint density at radius 1 is 1.06 bits per heavy atom. The van der Waals surface area contributed by atoms with Gasteiger partial charge in [-0.2, -0.15) is 0 Å². The van der Waals surface area contributed by atoms with Crippen LogP contribution in [0.3, 0.4) is 0 Å². The van der Waals surface area contributed by atoms with Gasteiger partial charge in [0.05, 0.1) is 15.6 Å². The van der Waals surface area contributed by atoms with Crippen LogP contribution in [-0.4, -0.2) is 4.98 Å². The summed E-state index contributed by atoms with van der Waals surface area (Å²) in [4.78, 5) is 3.60. The summed E-state index contributed by atoms with van der Waals surface area (Å²) in [5, 5.41) is 0.354. The maximum absolute atomic E-state index is 13.0. The molecule has 1 aromatic heterocycles. The molecule has 0 spiro atoms. The van der Waals surface area contributed by atoms with Gasteiger partial charge in [-0.15, -0.1) is 0 Å². The third-order valence-electron chi connectivity index (χ3n) is 2.02. The molecular formula is C10H4Cl2F3N. The summed E-state index contributed by atoms with van der Waals surface area (Å²) >= 11 is 11.5. The van der Waals surface area contributed by atoms with Crippen molar-refractivity contribution in [1.82, 2.24) is 4.98 Å². The number of nitrogens with zero attached hydrogens (tertiary/aromatic N) is 1. The molecule has 0 aliphatic heterocycles. The lowest BCUT2D eigenvalue weighted by Gasteiger charge is -2.06. The highest BCUT2D eigenvalue weighted by Crippen LogP contribution is 2.32. The van der Waals surface area contributed by atoms with Gasteiger partial charge in [0, 0.05) is 11.5 Å². The van der Waals surface area contributed by atoms with Crippen LogP contribution in [0.5, 0.6) is 0 Å². The van der Waals surface area contributed by atoms with Gasteiger partial charge in [0.15, 0.2) is 0 Å². The van der Waals surface area contributed by atoms with E-state index in [4.69, 9.17) is 23.2 Å². The van der Waals surface area contributed by atoms with Crippen molar-refractivity contribution in [3.05, 3.63) is 39.8 Å². The maximum Gasteiger partial charge on any atom is 0.280 e. The second-order valence-corrected chi connectivity index (χ2v) is 3.93. The van der Waals surface area contributed by atoms with Gasteiger partial charge in [-0.1, -0.05) is 23.2 Å². The van der Waals surface area contributed by atoms with Crippen molar-refractivity contribution in [1.29, 1.82) is 0 Å². The summed E-state index contributed by atoms with van der Waals surface area (Å²) in [6, 6.07) is 3.09. The predicted molar refractivity (Wildman–Crippen MR) is 56.7 cm³/mol. The molecule has 0 aliphatic carbocycles. The van der Waals surface area contributed by atoms with Crippen LogP contribution in [0.15, 0.2) is 18.2 Å². The number of hydrogen-bond acceptors (Lipinski definition) is 1. The van der Waals surface area contributed by atoms with E-state index in [1.807, 2.05) is 0 Å². The number of fused-ring (bicyclic) bond motifs is 1. The first kappa shape index (κ1) is 11.5. The molecule has 1 nitrogen and oxygen atoms in total. The molecule has 0 saturated carbocycles. The molecular weight excluding hydrogens is 262 g/mol. The monoisotopic (exact) mass is 265 g/mol. The SMILES string of the molecule is Fc1cc(Cl)c2c(Cl)cc(C(F)F)nc2c1. The largest absolute Gasteiger partial charge is 0.280 e. The number of halogens is 5. The zero-order valence-corrected chi connectivity index (χ0v) is 9.16. The molecule has 0 amide bonds. The summed E-state index contributed by atoms with van der Waals surface area (Å²) in [7, 11) is 0. The lowest BCUT2D eigenvalue weighted by atomic mass is 10.2. The van der Waals surface area contributed by atoms with Crippen LogP contribution in [0.1, 0.15) is 12.1 Å². The van der Waals surface area contributed by atoms with E-state index in [1.165, 1.54) is 0 Å². The van der Waals surface area contributed by atoms with Crippen LogP contribution in [0, 0.1) is 5.82 Å². The van der Waals surface area contributed by atoms with E-state index in [1.54, 1.807) is 0 Å². The van der Waals surface area contributed by atoms with Crippen molar-refractivity contribution in [3.63, 3.8) is 0 Å². The van der Waals surface area contributed by atoms with Crippen molar-refractivity contribution in [3.8, 4) is 0 Å². The highest BCUT2D eigenvalue weighted by Gasteiger charge is 2.14. The van der Waals surface area contributed by atoms with E-state index in [0.717, 1.165) is 18.2 Å². The fourth-order valence-electron chi connectivity index (χ4n) is 1.37. The first-order valence-electron chi connectivity index (χ1n) is 4.22. The lowest BCUT2D eigenvalue weighted by molar-refractivity contribution is 0.146. The smallest absolute Gasteiger partial charge is 0.247 e. The summed E-state index contributed by atoms with van der Waals surface area (Å²) in [6.45, 7) is 0. The van der Waals surface area contributed by atoms with E-state index in [0.29, 0.717) is 0 Å². The van der Waals surface area contributed by atoms with Gasteiger partial charge in [-0.25, -0.2) is 18.2 Å². The standard InChI is InChI=1S/C10H4Cl2F3N/c11-5-1-4(13)2-7-9(5)6(12)3-8(16-7)10(14)15/h1-3,10H. The molecule has 0 N–H and O–H groups in total. The van der Waals surface area contributed by atoms with E-state index < -0.39 is 17.9 Å². The third-order valence-corrected chi connectivity index (χ3v) is 2.62. The van der Waals surface area contributed by atoms with Crippen molar-refractivity contribution < 1.29 is 13.2 Å². The van der Waals surface area contributed by atoms with Gasteiger partial charge < -0.3 is 0 Å². The Labute approximate surface area is 98.8 Å². The van der Waals surface area contributed by atoms with Crippen LogP contribution >= 0.6 is 23.2 Å². The Hall–Kier alpha value is -1.00. The highest BCUT2D eigenvalue weighted by atomic mass is 35.5. The Bertz CT molecular complexity index is 557. The fourth-order valence-corrected chi connectivity index (χ4v) is 2.03. The van der Waals surface area contributed by atoms with E-state index in [2.05, 4.69) is 4.98 Å². The molecule has 2 rings (SSSR count). The predicted octanol–water partition coefficient (Wildman–Crippen LogP) is 4.62. The molecule has 0 aliphatic rings. The van der Waals surface area contributed by atoms with E-state index >= 15 is 0 Å². The molecule has 1 heterocycles. The molecule has 0 bridgehead atoms. The van der Waals surface area contributed by atoms with Gasteiger partial charge in [0.25, 0.3) is 6.43 Å². The zero-order chi connectivity index (χ0) is 11.9. The fraction of sp³-hybridized carbons (Fsp3) is 0.100. The van der Waals surface area contributed by atoms with Crippen molar-refractivity contribution in [2.75, 3.05) is 0 Å². The Balaban J connectivity index is 2.81. The average Bonchev–Trinajstić information content (AvgIpc) is 2.15. The lowest BCUT2D eigenvalue weighted by Crippen LogP contribution is -1.93. The first-order chi connectivity index (χ1) is 7.49. The number of hydrogen-bond donors (Lipinski definition) is 0. The molecule has 0 unspecified atom stereocenters. The van der Waals surface area contributed by atoms with Crippen LogP contribution in [0.2, 0.25) is 10.0 Å². The number of benzene rings is 1.